The quantitative estimate of drug-likeness (QED) is 0.572. The number of ether oxygens (including phenoxy) is 2. The average Bonchev–Trinajstić information content (AvgIpc) is 3.14. The van der Waals surface area contributed by atoms with E-state index in [1.165, 1.54) is 18.4 Å². The number of rotatable bonds is 6. The molecule has 0 fully saturated rings. The van der Waals surface area contributed by atoms with E-state index in [1.807, 2.05) is 78.7 Å². The van der Waals surface area contributed by atoms with Crippen LogP contribution in [0.4, 0.5) is 10.7 Å². The van der Waals surface area contributed by atoms with Gasteiger partial charge in [-0.2, -0.15) is 0 Å². The monoisotopic (exact) mass is 367 g/mol. The molecule has 3 aromatic rings. The molecule has 0 bridgehead atoms. The highest BCUT2D eigenvalue weighted by molar-refractivity contribution is 7.16. The number of esters is 1. The molecule has 0 saturated carbocycles. The van der Waals surface area contributed by atoms with Gasteiger partial charge in [0.2, 0.25) is 0 Å². The van der Waals surface area contributed by atoms with E-state index in [2.05, 4.69) is 0 Å². The Kier molecular flexibility index (Phi) is 5.71. The fourth-order valence-corrected chi connectivity index (χ4v) is 4.08. The molecular formula is C21H21NO3S. The molecule has 0 aliphatic carbocycles. The molecule has 0 N–H and O–H groups in total. The molecule has 2 aromatic carbocycles. The normalized spacial score (nSPS) is 11.8. The highest BCUT2D eigenvalue weighted by Gasteiger charge is 2.25. The molecule has 1 heterocycles. The van der Waals surface area contributed by atoms with Crippen LogP contribution in [0.15, 0.2) is 66.7 Å². The highest BCUT2D eigenvalue weighted by atomic mass is 32.1. The van der Waals surface area contributed by atoms with Crippen LogP contribution in [0.3, 0.4) is 0 Å². The molecule has 5 heteroatoms. The summed E-state index contributed by atoms with van der Waals surface area (Å²) in [6.07, 6.45) is -0.234. The van der Waals surface area contributed by atoms with E-state index >= 15 is 0 Å². The molecule has 1 unspecified atom stereocenters. The third-order valence-corrected chi connectivity index (χ3v) is 5.44. The van der Waals surface area contributed by atoms with E-state index < -0.39 is 0 Å². The maximum atomic E-state index is 12.3. The first-order valence-electron chi connectivity index (χ1n) is 8.24. The zero-order valence-corrected chi connectivity index (χ0v) is 15.8. The molecular weight excluding hydrogens is 346 g/mol. The fraction of sp³-hybridized carbons (Fsp3) is 0.190. The maximum absolute atomic E-state index is 12.3. The number of carbonyl (C=O) groups is 1. The number of nitrogens with zero attached hydrogens (tertiary/aromatic N) is 1. The summed E-state index contributed by atoms with van der Waals surface area (Å²) in [6, 6.07) is 21.8. The molecule has 0 radical (unpaired) electrons. The van der Waals surface area contributed by atoms with Gasteiger partial charge in [0.15, 0.2) is 0 Å². The summed E-state index contributed by atoms with van der Waals surface area (Å²) in [5, 5.41) is 0.830. The predicted molar refractivity (Wildman–Crippen MR) is 105 cm³/mol. The number of anilines is 2. The Hall–Kier alpha value is -2.63. The van der Waals surface area contributed by atoms with Crippen LogP contribution in [0.5, 0.6) is 0 Å². The van der Waals surface area contributed by atoms with E-state index in [-0.39, 0.29) is 12.1 Å². The van der Waals surface area contributed by atoms with Gasteiger partial charge in [-0.15, -0.1) is 11.3 Å². The van der Waals surface area contributed by atoms with Crippen LogP contribution in [0.25, 0.3) is 0 Å². The smallest absolute Gasteiger partial charge is 0.340 e. The third-order valence-electron chi connectivity index (χ3n) is 4.18. The summed E-state index contributed by atoms with van der Waals surface area (Å²) in [5.41, 5.74) is 2.58. The molecule has 3 rings (SSSR count). The molecule has 4 nitrogen and oxygen atoms in total. The minimum absolute atomic E-state index is 0.234. The van der Waals surface area contributed by atoms with Crippen molar-refractivity contribution in [3.63, 3.8) is 0 Å². The van der Waals surface area contributed by atoms with Gasteiger partial charge in [-0.3, -0.25) is 0 Å². The minimum Gasteiger partial charge on any atom is -0.465 e. The summed E-state index contributed by atoms with van der Waals surface area (Å²) >= 11 is 1.53. The van der Waals surface area contributed by atoms with E-state index in [9.17, 15) is 4.79 Å². The number of thiophene rings is 1. The summed E-state index contributed by atoms with van der Waals surface area (Å²) in [6.45, 7) is 0. The zero-order valence-electron chi connectivity index (χ0n) is 15.0. The van der Waals surface area contributed by atoms with Crippen LogP contribution in [0.2, 0.25) is 0 Å². The summed E-state index contributed by atoms with van der Waals surface area (Å²) in [4.78, 5) is 15.3. The molecule has 26 heavy (non-hydrogen) atoms. The SMILES string of the molecule is COC(=O)c1cc(C(OC)c2ccccc2)sc1N(C)c1ccccc1. The lowest BCUT2D eigenvalue weighted by Gasteiger charge is -2.19. The van der Waals surface area contributed by atoms with Crippen molar-refractivity contribution < 1.29 is 14.3 Å². The Morgan fingerprint density at radius 3 is 2.19 bits per heavy atom. The van der Waals surface area contributed by atoms with Gasteiger partial charge in [0, 0.05) is 24.7 Å². The molecule has 134 valence electrons. The van der Waals surface area contributed by atoms with Gasteiger partial charge in [-0.25, -0.2) is 4.79 Å². The lowest BCUT2D eigenvalue weighted by molar-refractivity contribution is 0.0602. The Balaban J connectivity index is 2.06. The Labute approximate surface area is 157 Å². The Morgan fingerprint density at radius 2 is 1.62 bits per heavy atom. The molecule has 0 saturated heterocycles. The number of hydrogen-bond donors (Lipinski definition) is 0. The van der Waals surface area contributed by atoms with Crippen LogP contribution in [0.1, 0.15) is 26.9 Å². The van der Waals surface area contributed by atoms with E-state index in [4.69, 9.17) is 9.47 Å². The zero-order chi connectivity index (χ0) is 18.5. The first-order valence-corrected chi connectivity index (χ1v) is 9.06. The van der Waals surface area contributed by atoms with Gasteiger partial charge in [0.05, 0.1) is 12.7 Å². The Bertz CT molecular complexity index is 861. The molecule has 1 aromatic heterocycles. The molecule has 0 spiro atoms. The van der Waals surface area contributed by atoms with E-state index in [1.54, 1.807) is 7.11 Å². The number of hydrogen-bond acceptors (Lipinski definition) is 5. The van der Waals surface area contributed by atoms with Crippen molar-refractivity contribution in [3.8, 4) is 0 Å². The molecule has 1 atom stereocenters. The third kappa shape index (κ3) is 3.64. The number of carbonyl (C=O) groups excluding carboxylic acids is 1. The van der Waals surface area contributed by atoms with Crippen molar-refractivity contribution in [1.29, 1.82) is 0 Å². The second-order valence-electron chi connectivity index (χ2n) is 5.78. The van der Waals surface area contributed by atoms with Crippen molar-refractivity contribution in [2.45, 2.75) is 6.10 Å². The van der Waals surface area contributed by atoms with Crippen molar-refractivity contribution in [3.05, 3.63) is 82.7 Å². The summed E-state index contributed by atoms with van der Waals surface area (Å²) in [5.74, 6) is -0.354. The fourth-order valence-electron chi connectivity index (χ4n) is 2.85. The average molecular weight is 367 g/mol. The molecule has 0 amide bonds. The lowest BCUT2D eigenvalue weighted by atomic mass is 10.1. The van der Waals surface area contributed by atoms with Crippen LogP contribution in [0, 0.1) is 0 Å². The predicted octanol–water partition coefficient (Wildman–Crippen LogP) is 5.04. The van der Waals surface area contributed by atoms with Gasteiger partial charge in [-0.1, -0.05) is 48.5 Å². The summed E-state index contributed by atoms with van der Waals surface area (Å²) < 4.78 is 10.7. The lowest BCUT2D eigenvalue weighted by Crippen LogP contribution is -2.12. The van der Waals surface area contributed by atoms with Crippen LogP contribution < -0.4 is 4.90 Å². The number of benzene rings is 2. The largest absolute Gasteiger partial charge is 0.465 e. The highest BCUT2D eigenvalue weighted by Crippen LogP contribution is 2.40. The van der Waals surface area contributed by atoms with Gasteiger partial charge >= 0.3 is 5.97 Å². The first-order chi connectivity index (χ1) is 12.7. The second kappa shape index (κ2) is 8.17. The molecule has 0 aliphatic rings. The van der Waals surface area contributed by atoms with Crippen molar-refractivity contribution in [2.75, 3.05) is 26.2 Å². The van der Waals surface area contributed by atoms with Crippen molar-refractivity contribution in [2.24, 2.45) is 0 Å². The molecule has 0 aliphatic heterocycles. The van der Waals surface area contributed by atoms with E-state index in [0.29, 0.717) is 5.56 Å². The number of methoxy groups -OCH3 is 2. The first kappa shape index (κ1) is 18.2. The summed E-state index contributed by atoms with van der Waals surface area (Å²) in [7, 11) is 5.02. The van der Waals surface area contributed by atoms with Gasteiger partial charge < -0.3 is 14.4 Å². The van der Waals surface area contributed by atoms with Gasteiger partial charge in [0.1, 0.15) is 11.1 Å². The van der Waals surface area contributed by atoms with Crippen LogP contribution in [-0.4, -0.2) is 27.2 Å². The van der Waals surface area contributed by atoms with Crippen molar-refractivity contribution >= 4 is 28.0 Å². The van der Waals surface area contributed by atoms with Gasteiger partial charge in [0.25, 0.3) is 0 Å². The van der Waals surface area contributed by atoms with Crippen molar-refractivity contribution in [1.82, 2.24) is 0 Å². The van der Waals surface area contributed by atoms with Gasteiger partial charge in [-0.05, 0) is 23.8 Å². The van der Waals surface area contributed by atoms with E-state index in [0.717, 1.165) is 21.1 Å². The maximum Gasteiger partial charge on any atom is 0.340 e. The van der Waals surface area contributed by atoms with Crippen LogP contribution >= 0.6 is 11.3 Å². The minimum atomic E-state index is -0.354. The second-order valence-corrected chi connectivity index (χ2v) is 6.84. The van der Waals surface area contributed by atoms with Crippen LogP contribution in [-0.2, 0) is 9.47 Å². The standard InChI is InChI=1S/C21H21NO3S/c1-22(16-12-8-5-9-13-16)20-17(21(23)25-3)14-18(26-20)19(24-2)15-10-6-4-7-11-15/h4-14,19H,1-3H3. The number of para-hydroxylation sites is 1. The topological polar surface area (TPSA) is 38.8 Å². The Morgan fingerprint density at radius 1 is 1.00 bits per heavy atom.